The summed E-state index contributed by atoms with van der Waals surface area (Å²) in [4.78, 5) is 42.9. The first-order valence-electron chi connectivity index (χ1n) is 13.4. The lowest BCUT2D eigenvalue weighted by molar-refractivity contribution is -0.138. The third-order valence-corrected chi connectivity index (χ3v) is 7.35. The quantitative estimate of drug-likeness (QED) is 0.286. The number of nitrogens with zero attached hydrogens (tertiary/aromatic N) is 4. The van der Waals surface area contributed by atoms with Crippen molar-refractivity contribution in [1.82, 2.24) is 19.7 Å². The summed E-state index contributed by atoms with van der Waals surface area (Å²) in [5.74, 6) is 6.30. The minimum absolute atomic E-state index is 0.0167. The zero-order chi connectivity index (χ0) is 29.0. The van der Waals surface area contributed by atoms with E-state index in [9.17, 15) is 14.4 Å². The molecule has 0 radical (unpaired) electrons. The molecule has 40 heavy (non-hydrogen) atoms. The Morgan fingerprint density at radius 1 is 1.12 bits per heavy atom. The highest BCUT2D eigenvalue weighted by Gasteiger charge is 2.44. The zero-order valence-corrected chi connectivity index (χ0v) is 23.8. The smallest absolute Gasteiger partial charge is 0.345 e. The maximum Gasteiger partial charge on any atom is 0.345 e. The van der Waals surface area contributed by atoms with Gasteiger partial charge in [-0.2, -0.15) is 0 Å². The van der Waals surface area contributed by atoms with Gasteiger partial charge in [-0.1, -0.05) is 23.7 Å². The molecule has 0 saturated carbocycles. The van der Waals surface area contributed by atoms with Gasteiger partial charge in [0, 0.05) is 17.3 Å². The predicted octanol–water partition coefficient (Wildman–Crippen LogP) is 4.16. The number of ether oxygens (including phenoxy) is 1. The van der Waals surface area contributed by atoms with E-state index in [2.05, 4.69) is 5.32 Å². The van der Waals surface area contributed by atoms with E-state index in [-0.39, 0.29) is 31.7 Å². The molecule has 12 heteroatoms. The summed E-state index contributed by atoms with van der Waals surface area (Å²) in [5, 5.41) is 13.9. The maximum atomic E-state index is 13.9. The minimum atomic E-state index is -0.944. The number of hydrogen-bond donors (Lipinski definition) is 3. The summed E-state index contributed by atoms with van der Waals surface area (Å²) >= 11 is 6.07. The molecule has 2 aromatic rings. The molecule has 2 aliphatic rings. The van der Waals surface area contributed by atoms with Gasteiger partial charge in [-0.05, 0) is 94.1 Å². The van der Waals surface area contributed by atoms with Crippen molar-refractivity contribution in [1.29, 1.82) is 0 Å². The number of likely N-dealkylation sites (tertiary alicyclic amines) is 1. The number of hydrazine groups is 1. The van der Waals surface area contributed by atoms with Gasteiger partial charge in [0.2, 0.25) is 6.29 Å². The molecule has 0 spiro atoms. The van der Waals surface area contributed by atoms with Gasteiger partial charge in [-0.25, -0.2) is 25.3 Å². The van der Waals surface area contributed by atoms with Gasteiger partial charge in [0.1, 0.15) is 5.75 Å². The van der Waals surface area contributed by atoms with Crippen molar-refractivity contribution >= 4 is 35.3 Å². The number of carbonyl (C=O) groups excluding carboxylic acids is 2. The van der Waals surface area contributed by atoms with Crippen LogP contribution in [0.1, 0.15) is 37.8 Å². The van der Waals surface area contributed by atoms with Crippen LogP contribution in [0.25, 0.3) is 0 Å². The van der Waals surface area contributed by atoms with Crippen LogP contribution in [0.4, 0.5) is 15.3 Å². The monoisotopic (exact) mass is 572 g/mol. The fourth-order valence-electron chi connectivity index (χ4n) is 5.03. The molecule has 2 heterocycles. The third-order valence-electron chi connectivity index (χ3n) is 7.09. The van der Waals surface area contributed by atoms with Gasteiger partial charge in [0.05, 0.1) is 19.2 Å². The van der Waals surface area contributed by atoms with E-state index in [0.717, 1.165) is 21.9 Å². The number of carboxylic acid groups (broad SMARTS) is 1. The maximum absolute atomic E-state index is 13.9. The van der Waals surface area contributed by atoms with Crippen molar-refractivity contribution in [3.8, 4) is 5.75 Å². The standard InChI is InChI=1S/C28H37ClN6O5/c1-18(2)40-24-9-8-23(14-19(24)3)31-26-33(15-20-4-6-22(29)7-5-20)27(38)34(28(39)35(26)30)16-21-10-12-32(13-11-21)17-25(36)37/h4-9,14,18,21,26,31H,10-13,15-17,30H2,1-3H3,(H,36,37). The van der Waals surface area contributed by atoms with Gasteiger partial charge in [0.25, 0.3) is 0 Å². The largest absolute Gasteiger partial charge is 0.491 e. The lowest BCUT2D eigenvalue weighted by atomic mass is 9.96. The highest BCUT2D eigenvalue weighted by molar-refractivity contribution is 6.30. The average Bonchev–Trinajstić information content (AvgIpc) is 2.90. The number of urea groups is 2. The second-order valence-electron chi connectivity index (χ2n) is 10.6. The number of halogens is 1. The Bertz CT molecular complexity index is 1220. The Hall–Kier alpha value is -3.54. The average molecular weight is 573 g/mol. The van der Waals surface area contributed by atoms with Crippen molar-refractivity contribution in [2.24, 2.45) is 11.8 Å². The highest BCUT2D eigenvalue weighted by atomic mass is 35.5. The molecule has 2 aliphatic heterocycles. The predicted molar refractivity (Wildman–Crippen MR) is 152 cm³/mol. The van der Waals surface area contributed by atoms with Crippen LogP contribution in [0, 0.1) is 12.8 Å². The first-order valence-corrected chi connectivity index (χ1v) is 13.8. The third kappa shape index (κ3) is 7.15. The van der Waals surface area contributed by atoms with E-state index in [1.807, 2.05) is 56.0 Å². The fraction of sp³-hybridized carbons (Fsp3) is 0.464. The number of piperidine rings is 1. The zero-order valence-electron chi connectivity index (χ0n) is 23.0. The van der Waals surface area contributed by atoms with E-state index in [1.54, 1.807) is 12.1 Å². The Kier molecular flexibility index (Phi) is 9.39. The summed E-state index contributed by atoms with van der Waals surface area (Å²) in [5.41, 5.74) is 2.40. The Morgan fingerprint density at radius 3 is 2.40 bits per heavy atom. The van der Waals surface area contributed by atoms with E-state index in [1.165, 1.54) is 9.80 Å². The number of carboxylic acids is 1. The van der Waals surface area contributed by atoms with Gasteiger partial charge in [-0.3, -0.25) is 14.6 Å². The molecule has 0 aliphatic carbocycles. The molecule has 2 saturated heterocycles. The second-order valence-corrected chi connectivity index (χ2v) is 11.1. The van der Waals surface area contributed by atoms with Crippen LogP contribution in [-0.4, -0.2) is 81.4 Å². The number of amides is 4. The van der Waals surface area contributed by atoms with E-state index < -0.39 is 24.3 Å². The minimum Gasteiger partial charge on any atom is -0.491 e. The molecule has 216 valence electrons. The Morgan fingerprint density at radius 2 is 1.80 bits per heavy atom. The fourth-order valence-corrected chi connectivity index (χ4v) is 5.16. The SMILES string of the molecule is Cc1cc(NC2N(N)C(=O)N(CC3CCN(CC(=O)O)CC3)C(=O)N2Cc2ccc(Cl)cc2)ccc1OC(C)C. The number of carbonyl (C=O) groups is 3. The van der Waals surface area contributed by atoms with E-state index in [0.29, 0.717) is 36.6 Å². The molecule has 2 aromatic carbocycles. The van der Waals surface area contributed by atoms with Crippen molar-refractivity contribution in [2.45, 2.75) is 52.6 Å². The molecular formula is C28H37ClN6O5. The molecule has 2 fully saturated rings. The molecule has 11 nitrogen and oxygen atoms in total. The number of aliphatic carboxylic acids is 1. The summed E-state index contributed by atoms with van der Waals surface area (Å²) < 4.78 is 5.84. The van der Waals surface area contributed by atoms with Gasteiger partial charge in [0.15, 0.2) is 0 Å². The lowest BCUT2D eigenvalue weighted by Crippen LogP contribution is -2.70. The molecular weight excluding hydrogens is 536 g/mol. The topological polar surface area (TPSA) is 132 Å². The van der Waals surface area contributed by atoms with Crippen molar-refractivity contribution < 1.29 is 24.2 Å². The number of imide groups is 1. The lowest BCUT2D eigenvalue weighted by Gasteiger charge is -2.46. The van der Waals surface area contributed by atoms with Crippen molar-refractivity contribution in [2.75, 3.05) is 31.5 Å². The number of aryl methyl sites for hydroxylation is 1. The molecule has 1 atom stereocenters. The van der Waals surface area contributed by atoms with E-state index >= 15 is 0 Å². The summed E-state index contributed by atoms with van der Waals surface area (Å²) in [6, 6.07) is 11.7. The van der Waals surface area contributed by atoms with Crippen LogP contribution in [0.3, 0.4) is 0 Å². The number of hydrogen-bond acceptors (Lipinski definition) is 7. The molecule has 1 unspecified atom stereocenters. The van der Waals surface area contributed by atoms with Crippen LogP contribution in [-0.2, 0) is 11.3 Å². The van der Waals surface area contributed by atoms with Crippen molar-refractivity contribution in [3.05, 3.63) is 58.6 Å². The Balaban J connectivity index is 1.55. The van der Waals surface area contributed by atoms with Gasteiger partial charge >= 0.3 is 18.0 Å². The molecule has 0 aromatic heterocycles. The number of rotatable bonds is 10. The molecule has 4 amide bonds. The van der Waals surface area contributed by atoms with E-state index in [4.69, 9.17) is 27.3 Å². The van der Waals surface area contributed by atoms with Crippen molar-refractivity contribution in [3.63, 3.8) is 0 Å². The Labute approximate surface area is 239 Å². The highest BCUT2D eigenvalue weighted by Crippen LogP contribution is 2.28. The summed E-state index contributed by atoms with van der Waals surface area (Å²) in [6.45, 7) is 7.40. The number of anilines is 1. The first-order chi connectivity index (χ1) is 19.0. The molecule has 4 rings (SSSR count). The van der Waals surface area contributed by atoms with Gasteiger partial charge < -0.3 is 15.2 Å². The van der Waals surface area contributed by atoms with Crippen LogP contribution in [0.5, 0.6) is 5.75 Å². The van der Waals surface area contributed by atoms with Gasteiger partial charge in [-0.15, -0.1) is 0 Å². The summed E-state index contributed by atoms with van der Waals surface area (Å²) in [6.07, 6.45) is 0.437. The number of nitrogens with one attached hydrogen (secondary N) is 1. The van der Waals surface area contributed by atoms with Crippen LogP contribution in [0.15, 0.2) is 42.5 Å². The second kappa shape index (κ2) is 12.8. The van der Waals surface area contributed by atoms with Crippen LogP contribution < -0.4 is 15.9 Å². The first kappa shape index (κ1) is 29.4. The number of nitrogens with two attached hydrogens (primary N) is 1. The molecule has 0 bridgehead atoms. The molecule has 4 N–H and O–H groups in total. The van der Waals surface area contributed by atoms with Crippen LogP contribution in [0.2, 0.25) is 5.02 Å². The van der Waals surface area contributed by atoms with Crippen LogP contribution >= 0.6 is 11.6 Å². The summed E-state index contributed by atoms with van der Waals surface area (Å²) in [7, 11) is 0. The number of benzene rings is 2. The normalized spacial score (nSPS) is 18.9.